The Kier molecular flexibility index (Phi) is 6.14. The SMILES string of the molecule is CC(C)NC(=O)C(C)N(Cc1ccccc1F)C(=O)CN1C(=O)c2cccc3cccc1c23. The van der Waals surface area contributed by atoms with Gasteiger partial charge in [-0.2, -0.15) is 0 Å². The molecule has 1 N–H and O–H groups in total. The number of nitrogens with one attached hydrogen (secondary N) is 1. The lowest BCUT2D eigenvalue weighted by Gasteiger charge is -2.31. The Morgan fingerprint density at radius 1 is 1.00 bits per heavy atom. The summed E-state index contributed by atoms with van der Waals surface area (Å²) < 4.78 is 14.4. The first-order valence-corrected chi connectivity index (χ1v) is 10.9. The van der Waals surface area contributed by atoms with Gasteiger partial charge in [0.2, 0.25) is 11.8 Å². The number of hydrogen-bond donors (Lipinski definition) is 1. The van der Waals surface area contributed by atoms with E-state index in [-0.39, 0.29) is 30.9 Å². The zero-order valence-electron chi connectivity index (χ0n) is 18.8. The highest BCUT2D eigenvalue weighted by molar-refractivity contribution is 6.26. The Labute approximate surface area is 192 Å². The largest absolute Gasteiger partial charge is 0.352 e. The number of rotatable bonds is 7. The summed E-state index contributed by atoms with van der Waals surface area (Å²) in [6, 6.07) is 16.2. The van der Waals surface area contributed by atoms with E-state index in [0.29, 0.717) is 16.8 Å². The van der Waals surface area contributed by atoms with Crippen LogP contribution in [0.4, 0.5) is 10.1 Å². The van der Waals surface area contributed by atoms with Crippen molar-refractivity contribution in [3.8, 4) is 0 Å². The van der Waals surface area contributed by atoms with Gasteiger partial charge in [-0.05, 0) is 44.4 Å². The van der Waals surface area contributed by atoms with Crippen molar-refractivity contribution in [3.05, 3.63) is 77.6 Å². The van der Waals surface area contributed by atoms with E-state index in [9.17, 15) is 18.8 Å². The van der Waals surface area contributed by atoms with Gasteiger partial charge < -0.3 is 10.2 Å². The fraction of sp³-hybridized carbons (Fsp3) is 0.269. The Morgan fingerprint density at radius 2 is 1.70 bits per heavy atom. The summed E-state index contributed by atoms with van der Waals surface area (Å²) in [4.78, 5) is 42.1. The second-order valence-corrected chi connectivity index (χ2v) is 8.52. The third-order valence-corrected chi connectivity index (χ3v) is 5.84. The van der Waals surface area contributed by atoms with E-state index in [2.05, 4.69) is 5.32 Å². The highest BCUT2D eigenvalue weighted by atomic mass is 19.1. The summed E-state index contributed by atoms with van der Waals surface area (Å²) in [5.41, 5.74) is 1.50. The molecule has 33 heavy (non-hydrogen) atoms. The molecular formula is C26H26FN3O3. The second kappa shape index (κ2) is 9.02. The number of hydrogen-bond acceptors (Lipinski definition) is 3. The molecule has 0 spiro atoms. The predicted octanol–water partition coefficient (Wildman–Crippen LogP) is 3.88. The minimum atomic E-state index is -0.852. The lowest BCUT2D eigenvalue weighted by molar-refractivity contribution is -0.139. The summed E-state index contributed by atoms with van der Waals surface area (Å²) in [6.45, 7) is 4.93. The number of nitrogens with zero attached hydrogens (tertiary/aromatic N) is 2. The van der Waals surface area contributed by atoms with Crippen LogP contribution < -0.4 is 10.2 Å². The molecule has 1 atom stereocenters. The predicted molar refractivity (Wildman–Crippen MR) is 125 cm³/mol. The standard InChI is InChI=1S/C26H26FN3O3/c1-16(2)28-25(32)17(3)29(14-19-8-4-5-12-21(19)27)23(31)15-30-22-13-7-10-18-9-6-11-20(24(18)22)26(30)33/h4-13,16-17H,14-15H2,1-3H3,(H,28,32). The number of carbonyl (C=O) groups is 3. The molecule has 0 fully saturated rings. The van der Waals surface area contributed by atoms with E-state index in [1.165, 1.54) is 15.9 Å². The molecule has 0 saturated carbocycles. The average molecular weight is 448 g/mol. The molecule has 170 valence electrons. The molecule has 1 unspecified atom stereocenters. The van der Waals surface area contributed by atoms with E-state index in [4.69, 9.17) is 0 Å². The van der Waals surface area contributed by atoms with Crippen molar-refractivity contribution < 1.29 is 18.8 Å². The van der Waals surface area contributed by atoms with Gasteiger partial charge in [0.25, 0.3) is 5.91 Å². The van der Waals surface area contributed by atoms with E-state index in [0.717, 1.165) is 10.8 Å². The first-order valence-electron chi connectivity index (χ1n) is 10.9. The maximum Gasteiger partial charge on any atom is 0.259 e. The van der Waals surface area contributed by atoms with Crippen LogP contribution in [0.5, 0.6) is 0 Å². The first-order chi connectivity index (χ1) is 15.8. The van der Waals surface area contributed by atoms with Crippen LogP contribution in [0.1, 0.15) is 36.7 Å². The van der Waals surface area contributed by atoms with Gasteiger partial charge in [0.1, 0.15) is 18.4 Å². The summed E-state index contributed by atoms with van der Waals surface area (Å²) in [7, 11) is 0. The number of amides is 3. The van der Waals surface area contributed by atoms with Crippen LogP contribution in [0.25, 0.3) is 10.8 Å². The minimum absolute atomic E-state index is 0.0859. The lowest BCUT2D eigenvalue weighted by Crippen LogP contribution is -2.52. The van der Waals surface area contributed by atoms with Crippen molar-refractivity contribution in [1.29, 1.82) is 0 Å². The topological polar surface area (TPSA) is 69.7 Å². The molecule has 6 nitrogen and oxygen atoms in total. The number of carbonyl (C=O) groups excluding carboxylic acids is 3. The maximum atomic E-state index is 14.4. The Hall–Kier alpha value is -3.74. The second-order valence-electron chi connectivity index (χ2n) is 8.52. The average Bonchev–Trinajstić information content (AvgIpc) is 3.05. The highest BCUT2D eigenvalue weighted by Crippen LogP contribution is 2.37. The van der Waals surface area contributed by atoms with Crippen LogP contribution in [0.3, 0.4) is 0 Å². The van der Waals surface area contributed by atoms with Crippen molar-refractivity contribution in [2.24, 2.45) is 0 Å². The van der Waals surface area contributed by atoms with Crippen LogP contribution in [0.15, 0.2) is 60.7 Å². The van der Waals surface area contributed by atoms with Gasteiger partial charge >= 0.3 is 0 Å². The molecule has 7 heteroatoms. The molecule has 3 amide bonds. The summed E-state index contributed by atoms with van der Waals surface area (Å²) in [6.07, 6.45) is 0. The Balaban J connectivity index is 1.64. The Bertz CT molecular complexity index is 1240. The summed E-state index contributed by atoms with van der Waals surface area (Å²) in [5.74, 6) is -1.50. The summed E-state index contributed by atoms with van der Waals surface area (Å²) >= 11 is 0. The highest BCUT2D eigenvalue weighted by Gasteiger charge is 2.34. The molecule has 1 aliphatic rings. The van der Waals surface area contributed by atoms with Gasteiger partial charge in [0.05, 0.1) is 5.69 Å². The van der Waals surface area contributed by atoms with Crippen molar-refractivity contribution >= 4 is 34.2 Å². The molecule has 1 aliphatic heterocycles. The van der Waals surface area contributed by atoms with E-state index in [1.54, 1.807) is 37.3 Å². The van der Waals surface area contributed by atoms with Gasteiger partial charge in [-0.3, -0.25) is 19.3 Å². The van der Waals surface area contributed by atoms with Crippen LogP contribution in [0.2, 0.25) is 0 Å². The van der Waals surface area contributed by atoms with Crippen molar-refractivity contribution in [2.45, 2.75) is 39.4 Å². The molecule has 0 saturated heterocycles. The molecule has 0 bridgehead atoms. The zero-order chi connectivity index (χ0) is 23.7. The van der Waals surface area contributed by atoms with Gasteiger partial charge in [-0.15, -0.1) is 0 Å². The number of halogens is 1. The quantitative estimate of drug-likeness (QED) is 0.598. The van der Waals surface area contributed by atoms with E-state index in [1.807, 2.05) is 38.1 Å². The maximum absolute atomic E-state index is 14.4. The third kappa shape index (κ3) is 4.31. The molecule has 4 rings (SSSR count). The molecule has 3 aromatic rings. The first kappa shape index (κ1) is 22.5. The van der Waals surface area contributed by atoms with Gasteiger partial charge in [-0.1, -0.05) is 42.5 Å². The third-order valence-electron chi connectivity index (χ3n) is 5.84. The smallest absolute Gasteiger partial charge is 0.259 e. The molecule has 0 aliphatic carbocycles. The van der Waals surface area contributed by atoms with Gasteiger partial charge in [0.15, 0.2) is 0 Å². The van der Waals surface area contributed by atoms with E-state index >= 15 is 0 Å². The fourth-order valence-electron chi connectivity index (χ4n) is 4.16. The van der Waals surface area contributed by atoms with Crippen LogP contribution in [0, 0.1) is 5.82 Å². The zero-order valence-corrected chi connectivity index (χ0v) is 18.8. The molecule has 1 heterocycles. The fourth-order valence-corrected chi connectivity index (χ4v) is 4.16. The van der Waals surface area contributed by atoms with Crippen LogP contribution >= 0.6 is 0 Å². The van der Waals surface area contributed by atoms with Crippen LogP contribution in [-0.4, -0.2) is 41.2 Å². The van der Waals surface area contributed by atoms with Crippen molar-refractivity contribution in [1.82, 2.24) is 10.2 Å². The lowest BCUT2D eigenvalue weighted by atomic mass is 10.1. The minimum Gasteiger partial charge on any atom is -0.352 e. The van der Waals surface area contributed by atoms with E-state index < -0.39 is 17.8 Å². The monoisotopic (exact) mass is 447 g/mol. The van der Waals surface area contributed by atoms with Gasteiger partial charge in [0, 0.05) is 29.1 Å². The molecule has 0 aromatic heterocycles. The van der Waals surface area contributed by atoms with Crippen LogP contribution in [-0.2, 0) is 16.1 Å². The molecular weight excluding hydrogens is 421 g/mol. The summed E-state index contributed by atoms with van der Waals surface area (Å²) in [5, 5.41) is 4.53. The molecule has 0 radical (unpaired) electrons. The number of anilines is 1. The van der Waals surface area contributed by atoms with Crippen molar-refractivity contribution in [2.75, 3.05) is 11.4 Å². The normalized spacial score (nSPS) is 13.5. The Morgan fingerprint density at radius 3 is 2.39 bits per heavy atom. The molecule has 3 aromatic carbocycles. The number of benzene rings is 3. The van der Waals surface area contributed by atoms with Gasteiger partial charge in [-0.25, -0.2) is 4.39 Å². The van der Waals surface area contributed by atoms with Crippen molar-refractivity contribution in [3.63, 3.8) is 0 Å².